The van der Waals surface area contributed by atoms with Gasteiger partial charge in [-0.05, 0) is 24.7 Å². The largest absolute Gasteiger partial charge is 0.481 e. The van der Waals surface area contributed by atoms with Crippen LogP contribution in [0.15, 0.2) is 12.2 Å². The first kappa shape index (κ1) is 5.96. The Labute approximate surface area is 59.5 Å². The summed E-state index contributed by atoms with van der Waals surface area (Å²) < 4.78 is 0. The van der Waals surface area contributed by atoms with Crippen molar-refractivity contribution >= 4 is 5.97 Å². The van der Waals surface area contributed by atoms with Gasteiger partial charge in [0.05, 0.1) is 5.92 Å². The Morgan fingerprint density at radius 3 is 2.50 bits per heavy atom. The molecule has 1 N–H and O–H groups in total. The molecule has 1 saturated carbocycles. The van der Waals surface area contributed by atoms with E-state index in [2.05, 4.69) is 12.2 Å². The summed E-state index contributed by atoms with van der Waals surface area (Å²) in [6.45, 7) is 0. The van der Waals surface area contributed by atoms with E-state index in [0.29, 0.717) is 11.8 Å². The molecular formula is C8H10O2. The van der Waals surface area contributed by atoms with Crippen LogP contribution in [-0.2, 0) is 4.79 Å². The molecule has 0 amide bonds. The van der Waals surface area contributed by atoms with Crippen LogP contribution in [-0.4, -0.2) is 11.1 Å². The number of fused-ring (bicyclic) bond motifs is 2. The van der Waals surface area contributed by atoms with E-state index in [1.807, 2.05) is 0 Å². The summed E-state index contributed by atoms with van der Waals surface area (Å²) in [6.07, 6.45) is 6.17. The minimum absolute atomic E-state index is 0.0741. The van der Waals surface area contributed by atoms with E-state index in [1.165, 1.54) is 0 Å². The predicted molar refractivity (Wildman–Crippen MR) is 36.5 cm³/mol. The molecule has 0 radical (unpaired) electrons. The molecule has 0 aromatic carbocycles. The molecule has 0 aliphatic heterocycles. The van der Waals surface area contributed by atoms with E-state index in [0.717, 1.165) is 12.8 Å². The van der Waals surface area contributed by atoms with Crippen molar-refractivity contribution in [1.29, 1.82) is 0 Å². The second-order valence-corrected chi connectivity index (χ2v) is 3.22. The monoisotopic (exact) mass is 138 g/mol. The zero-order valence-corrected chi connectivity index (χ0v) is 5.66. The fourth-order valence-electron chi connectivity index (χ4n) is 2.06. The first-order chi connectivity index (χ1) is 4.77. The highest BCUT2D eigenvalue weighted by atomic mass is 16.4. The molecule has 2 nitrogen and oxygen atoms in total. The smallest absolute Gasteiger partial charge is 0.307 e. The number of carboxylic acids is 1. The van der Waals surface area contributed by atoms with E-state index in [1.54, 1.807) is 0 Å². The van der Waals surface area contributed by atoms with Crippen LogP contribution in [0.4, 0.5) is 0 Å². The molecule has 2 aliphatic carbocycles. The van der Waals surface area contributed by atoms with Crippen LogP contribution >= 0.6 is 0 Å². The standard InChI is InChI=1S/C8H10O2/c9-8(10)7-4-5-1-2-6(7)3-5/h1-2,5-7H,3-4H2,(H,9,10)/t5-,6+,7+/m0/s1. The number of carbonyl (C=O) groups is 1. The molecule has 54 valence electrons. The minimum atomic E-state index is -0.614. The van der Waals surface area contributed by atoms with Crippen LogP contribution in [0.25, 0.3) is 0 Å². The Hall–Kier alpha value is -0.790. The number of carboxylic acid groups (broad SMARTS) is 1. The molecule has 0 saturated heterocycles. The summed E-state index contributed by atoms with van der Waals surface area (Å²) in [6, 6.07) is 0. The first-order valence-corrected chi connectivity index (χ1v) is 3.68. The van der Waals surface area contributed by atoms with Crippen molar-refractivity contribution in [3.05, 3.63) is 12.2 Å². The van der Waals surface area contributed by atoms with Crippen LogP contribution in [0.1, 0.15) is 12.8 Å². The molecule has 0 aromatic heterocycles. The zero-order chi connectivity index (χ0) is 7.14. The van der Waals surface area contributed by atoms with Crippen molar-refractivity contribution in [3.8, 4) is 0 Å². The Morgan fingerprint density at radius 2 is 2.20 bits per heavy atom. The predicted octanol–water partition coefficient (Wildman–Crippen LogP) is 1.28. The highest BCUT2D eigenvalue weighted by Gasteiger charge is 2.39. The Morgan fingerprint density at radius 1 is 1.40 bits per heavy atom. The second kappa shape index (κ2) is 1.84. The lowest BCUT2D eigenvalue weighted by Gasteiger charge is -2.11. The SMILES string of the molecule is O=C(O)[C@@H]1C[C@H]2C=C[C@@H]1C2. The fraction of sp³-hybridized carbons (Fsp3) is 0.625. The van der Waals surface area contributed by atoms with Crippen molar-refractivity contribution in [3.63, 3.8) is 0 Å². The average Bonchev–Trinajstić information content (AvgIpc) is 2.44. The van der Waals surface area contributed by atoms with Crippen LogP contribution < -0.4 is 0 Å². The van der Waals surface area contributed by atoms with Gasteiger partial charge in [0.25, 0.3) is 0 Å². The number of rotatable bonds is 1. The number of allylic oxidation sites excluding steroid dienone is 2. The molecule has 0 aromatic rings. The molecule has 0 spiro atoms. The van der Waals surface area contributed by atoms with Crippen molar-refractivity contribution in [2.45, 2.75) is 12.8 Å². The lowest BCUT2D eigenvalue weighted by atomic mass is 9.94. The van der Waals surface area contributed by atoms with Gasteiger partial charge in [-0.25, -0.2) is 0 Å². The summed E-state index contributed by atoms with van der Waals surface area (Å²) in [5.74, 6) is 0.237. The van der Waals surface area contributed by atoms with E-state index in [-0.39, 0.29) is 5.92 Å². The van der Waals surface area contributed by atoms with Gasteiger partial charge < -0.3 is 5.11 Å². The van der Waals surface area contributed by atoms with Crippen LogP contribution in [0, 0.1) is 17.8 Å². The first-order valence-electron chi connectivity index (χ1n) is 3.68. The molecule has 0 unspecified atom stereocenters. The van der Waals surface area contributed by atoms with E-state index < -0.39 is 5.97 Å². The van der Waals surface area contributed by atoms with Gasteiger partial charge in [-0.1, -0.05) is 12.2 Å². The third kappa shape index (κ3) is 0.681. The molecule has 2 heteroatoms. The fourth-order valence-corrected chi connectivity index (χ4v) is 2.06. The number of aliphatic carboxylic acids is 1. The molecule has 2 bridgehead atoms. The van der Waals surface area contributed by atoms with Crippen molar-refractivity contribution < 1.29 is 9.90 Å². The minimum Gasteiger partial charge on any atom is -0.481 e. The summed E-state index contributed by atoms with van der Waals surface area (Å²) in [5, 5.41) is 8.70. The van der Waals surface area contributed by atoms with Gasteiger partial charge in [-0.3, -0.25) is 4.79 Å². The molecular weight excluding hydrogens is 128 g/mol. The lowest BCUT2D eigenvalue weighted by molar-refractivity contribution is -0.142. The van der Waals surface area contributed by atoms with Gasteiger partial charge in [0.15, 0.2) is 0 Å². The van der Waals surface area contributed by atoms with Gasteiger partial charge in [0.1, 0.15) is 0 Å². The topological polar surface area (TPSA) is 37.3 Å². The molecule has 3 atom stereocenters. The molecule has 1 fully saturated rings. The zero-order valence-electron chi connectivity index (χ0n) is 5.66. The summed E-state index contributed by atoms with van der Waals surface area (Å²) >= 11 is 0. The van der Waals surface area contributed by atoms with Crippen LogP contribution in [0.3, 0.4) is 0 Å². The maximum atomic E-state index is 10.6. The Balaban J connectivity index is 2.16. The lowest BCUT2D eigenvalue weighted by Crippen LogP contribution is -2.17. The third-order valence-electron chi connectivity index (χ3n) is 2.60. The normalized spacial score (nSPS) is 42.6. The average molecular weight is 138 g/mol. The molecule has 2 rings (SSSR count). The van der Waals surface area contributed by atoms with Gasteiger partial charge in [0, 0.05) is 0 Å². The van der Waals surface area contributed by atoms with Crippen molar-refractivity contribution in [2.24, 2.45) is 17.8 Å². The van der Waals surface area contributed by atoms with Crippen LogP contribution in [0.2, 0.25) is 0 Å². The van der Waals surface area contributed by atoms with Crippen molar-refractivity contribution in [2.75, 3.05) is 0 Å². The second-order valence-electron chi connectivity index (χ2n) is 3.22. The highest BCUT2D eigenvalue weighted by Crippen LogP contribution is 2.43. The van der Waals surface area contributed by atoms with Crippen LogP contribution in [0.5, 0.6) is 0 Å². The van der Waals surface area contributed by atoms with E-state index >= 15 is 0 Å². The van der Waals surface area contributed by atoms with Gasteiger partial charge in [0.2, 0.25) is 0 Å². The summed E-state index contributed by atoms with van der Waals surface area (Å²) in [5.41, 5.74) is 0. The molecule has 2 aliphatic rings. The van der Waals surface area contributed by atoms with Gasteiger partial charge >= 0.3 is 5.97 Å². The molecule has 10 heavy (non-hydrogen) atoms. The highest BCUT2D eigenvalue weighted by molar-refractivity contribution is 5.71. The Bertz CT molecular complexity index is 195. The van der Waals surface area contributed by atoms with E-state index in [9.17, 15) is 4.79 Å². The van der Waals surface area contributed by atoms with Gasteiger partial charge in [-0.2, -0.15) is 0 Å². The molecule has 0 heterocycles. The number of hydrogen-bond acceptors (Lipinski definition) is 1. The van der Waals surface area contributed by atoms with Crippen molar-refractivity contribution in [1.82, 2.24) is 0 Å². The Kier molecular flexibility index (Phi) is 1.10. The maximum absolute atomic E-state index is 10.6. The summed E-state index contributed by atoms with van der Waals surface area (Å²) in [7, 11) is 0. The quantitative estimate of drug-likeness (QED) is 0.554. The summed E-state index contributed by atoms with van der Waals surface area (Å²) in [4.78, 5) is 10.6. The third-order valence-corrected chi connectivity index (χ3v) is 2.60. The maximum Gasteiger partial charge on any atom is 0.307 e. The van der Waals surface area contributed by atoms with Gasteiger partial charge in [-0.15, -0.1) is 0 Å². The van der Waals surface area contributed by atoms with E-state index in [4.69, 9.17) is 5.11 Å². The number of hydrogen-bond donors (Lipinski definition) is 1.